The van der Waals surface area contributed by atoms with E-state index in [9.17, 15) is 9.18 Å². The van der Waals surface area contributed by atoms with Gasteiger partial charge in [0.05, 0.1) is 16.3 Å². The lowest BCUT2D eigenvalue weighted by Gasteiger charge is -2.08. The number of aromatic carboxylic acids is 1. The van der Waals surface area contributed by atoms with Crippen molar-refractivity contribution in [3.63, 3.8) is 0 Å². The zero-order valence-corrected chi connectivity index (χ0v) is 10.8. The van der Waals surface area contributed by atoms with Gasteiger partial charge >= 0.3 is 5.97 Å². The number of anilines is 2. The van der Waals surface area contributed by atoms with Gasteiger partial charge in [-0.3, -0.25) is 0 Å². The summed E-state index contributed by atoms with van der Waals surface area (Å²) in [4.78, 5) is 14.8. The molecule has 4 nitrogen and oxygen atoms in total. The van der Waals surface area contributed by atoms with E-state index in [4.69, 9.17) is 28.3 Å². The van der Waals surface area contributed by atoms with E-state index >= 15 is 0 Å². The fraction of sp³-hybridized carbons (Fsp3) is 0. The van der Waals surface area contributed by atoms with Crippen LogP contribution >= 0.6 is 23.2 Å². The lowest BCUT2D eigenvalue weighted by atomic mass is 10.2. The van der Waals surface area contributed by atoms with Crippen LogP contribution in [0.15, 0.2) is 30.3 Å². The van der Waals surface area contributed by atoms with Crippen molar-refractivity contribution in [2.24, 2.45) is 0 Å². The molecule has 0 saturated carbocycles. The molecule has 7 heteroatoms. The average molecular weight is 301 g/mol. The fourth-order valence-electron chi connectivity index (χ4n) is 1.42. The van der Waals surface area contributed by atoms with E-state index in [2.05, 4.69) is 10.3 Å². The first kappa shape index (κ1) is 13.6. The second kappa shape index (κ2) is 5.42. The van der Waals surface area contributed by atoms with Gasteiger partial charge in [-0.15, -0.1) is 0 Å². The first-order chi connectivity index (χ1) is 8.95. The quantitative estimate of drug-likeness (QED) is 0.842. The van der Waals surface area contributed by atoms with Crippen molar-refractivity contribution in [2.75, 3.05) is 5.32 Å². The molecular formula is C12H7Cl2FN2O2. The van der Waals surface area contributed by atoms with E-state index in [1.165, 1.54) is 30.3 Å². The number of aromatic nitrogens is 1. The van der Waals surface area contributed by atoms with E-state index in [-0.39, 0.29) is 27.2 Å². The Kier molecular flexibility index (Phi) is 3.87. The average Bonchev–Trinajstić information content (AvgIpc) is 2.33. The molecule has 1 aromatic heterocycles. The van der Waals surface area contributed by atoms with E-state index in [1.807, 2.05) is 0 Å². The van der Waals surface area contributed by atoms with Crippen LogP contribution in [-0.2, 0) is 0 Å². The molecule has 0 atom stereocenters. The third-order valence-electron chi connectivity index (χ3n) is 2.23. The Labute approximate surface area is 117 Å². The van der Waals surface area contributed by atoms with Crippen LogP contribution in [0.25, 0.3) is 0 Å². The third kappa shape index (κ3) is 3.33. The molecule has 19 heavy (non-hydrogen) atoms. The van der Waals surface area contributed by atoms with Crippen molar-refractivity contribution in [3.8, 4) is 0 Å². The van der Waals surface area contributed by atoms with Crippen LogP contribution in [0.3, 0.4) is 0 Å². The zero-order chi connectivity index (χ0) is 14.0. The number of rotatable bonds is 3. The predicted octanol–water partition coefficient (Wildman–Crippen LogP) is 3.97. The summed E-state index contributed by atoms with van der Waals surface area (Å²) < 4.78 is 13.1. The van der Waals surface area contributed by atoms with Crippen LogP contribution in [0, 0.1) is 5.82 Å². The minimum absolute atomic E-state index is 0.00919. The normalized spacial score (nSPS) is 10.3. The fourth-order valence-corrected chi connectivity index (χ4v) is 1.79. The SMILES string of the molecule is O=C(O)c1cc(Cl)nc(Nc2cc(F)ccc2Cl)c1. The van der Waals surface area contributed by atoms with Crippen LogP contribution in [-0.4, -0.2) is 16.1 Å². The minimum atomic E-state index is -1.14. The monoisotopic (exact) mass is 300 g/mol. The molecule has 2 rings (SSSR count). The molecule has 0 aliphatic heterocycles. The molecule has 0 amide bonds. The molecule has 0 aliphatic carbocycles. The highest BCUT2D eigenvalue weighted by molar-refractivity contribution is 6.33. The highest BCUT2D eigenvalue weighted by atomic mass is 35.5. The van der Waals surface area contributed by atoms with Gasteiger partial charge in [-0.2, -0.15) is 0 Å². The molecule has 2 N–H and O–H groups in total. The van der Waals surface area contributed by atoms with Crippen molar-refractivity contribution in [2.45, 2.75) is 0 Å². The molecule has 0 radical (unpaired) electrons. The summed E-state index contributed by atoms with van der Waals surface area (Å²) in [5.41, 5.74) is 0.239. The standard InChI is InChI=1S/C12H7Cl2FN2O2/c13-8-2-1-7(15)5-9(8)16-11-4-6(12(18)19)3-10(14)17-11/h1-5H,(H,16,17)(H,18,19). The number of nitrogens with zero attached hydrogens (tertiary/aromatic N) is 1. The molecule has 0 bridgehead atoms. The summed E-state index contributed by atoms with van der Waals surface area (Å²) in [5.74, 6) is -1.46. The lowest BCUT2D eigenvalue weighted by Crippen LogP contribution is -2.01. The van der Waals surface area contributed by atoms with Gasteiger partial charge in [0.25, 0.3) is 0 Å². The number of hydrogen-bond acceptors (Lipinski definition) is 3. The van der Waals surface area contributed by atoms with Gasteiger partial charge in [0.1, 0.15) is 16.8 Å². The number of hydrogen-bond donors (Lipinski definition) is 2. The number of pyridine rings is 1. The summed E-state index contributed by atoms with van der Waals surface area (Å²) >= 11 is 11.6. The minimum Gasteiger partial charge on any atom is -0.478 e. The Hall–Kier alpha value is -1.85. The number of carboxylic acid groups (broad SMARTS) is 1. The molecule has 0 unspecified atom stereocenters. The molecule has 98 valence electrons. The number of benzene rings is 1. The van der Waals surface area contributed by atoms with E-state index < -0.39 is 11.8 Å². The van der Waals surface area contributed by atoms with Crippen molar-refractivity contribution in [1.82, 2.24) is 4.98 Å². The summed E-state index contributed by atoms with van der Waals surface area (Å²) in [7, 11) is 0. The van der Waals surface area contributed by atoms with Crippen LogP contribution in [0.2, 0.25) is 10.2 Å². The van der Waals surface area contributed by atoms with Crippen molar-refractivity contribution in [1.29, 1.82) is 0 Å². The molecule has 1 aromatic carbocycles. The van der Waals surface area contributed by atoms with Crippen molar-refractivity contribution < 1.29 is 14.3 Å². The van der Waals surface area contributed by atoms with Crippen LogP contribution in [0.5, 0.6) is 0 Å². The predicted molar refractivity (Wildman–Crippen MR) is 70.9 cm³/mol. The first-order valence-electron chi connectivity index (χ1n) is 5.08. The molecule has 1 heterocycles. The molecule has 0 fully saturated rings. The number of carbonyl (C=O) groups is 1. The first-order valence-corrected chi connectivity index (χ1v) is 5.84. The van der Waals surface area contributed by atoms with Crippen LogP contribution in [0.4, 0.5) is 15.9 Å². The summed E-state index contributed by atoms with van der Waals surface area (Å²) in [6.45, 7) is 0. The smallest absolute Gasteiger partial charge is 0.335 e. The van der Waals surface area contributed by atoms with E-state index in [0.717, 1.165) is 0 Å². The number of carboxylic acids is 1. The zero-order valence-electron chi connectivity index (χ0n) is 9.32. The Morgan fingerprint density at radius 1 is 1.26 bits per heavy atom. The lowest BCUT2D eigenvalue weighted by molar-refractivity contribution is 0.0697. The van der Waals surface area contributed by atoms with Gasteiger partial charge in [0, 0.05) is 0 Å². The molecule has 2 aromatic rings. The Morgan fingerprint density at radius 3 is 2.68 bits per heavy atom. The summed E-state index contributed by atoms with van der Waals surface area (Å²) in [5, 5.41) is 11.9. The maximum Gasteiger partial charge on any atom is 0.335 e. The van der Waals surface area contributed by atoms with Gasteiger partial charge in [0.2, 0.25) is 0 Å². The van der Waals surface area contributed by atoms with E-state index in [1.54, 1.807) is 0 Å². The van der Waals surface area contributed by atoms with Crippen LogP contribution < -0.4 is 5.32 Å². The summed E-state index contributed by atoms with van der Waals surface area (Å²) in [6.07, 6.45) is 0. The number of halogens is 3. The van der Waals surface area contributed by atoms with Gasteiger partial charge < -0.3 is 10.4 Å². The van der Waals surface area contributed by atoms with Crippen molar-refractivity contribution >= 4 is 40.7 Å². The Morgan fingerprint density at radius 2 is 2.00 bits per heavy atom. The summed E-state index contributed by atoms with van der Waals surface area (Å²) in [6, 6.07) is 6.24. The molecule has 0 saturated heterocycles. The Bertz CT molecular complexity index is 650. The van der Waals surface area contributed by atoms with Gasteiger partial charge in [-0.25, -0.2) is 14.2 Å². The second-order valence-electron chi connectivity index (χ2n) is 3.62. The van der Waals surface area contributed by atoms with E-state index in [0.29, 0.717) is 0 Å². The maximum atomic E-state index is 13.1. The molecular weight excluding hydrogens is 294 g/mol. The highest BCUT2D eigenvalue weighted by Crippen LogP contribution is 2.26. The van der Waals surface area contributed by atoms with Gasteiger partial charge in [-0.05, 0) is 30.3 Å². The highest BCUT2D eigenvalue weighted by Gasteiger charge is 2.09. The second-order valence-corrected chi connectivity index (χ2v) is 4.41. The third-order valence-corrected chi connectivity index (χ3v) is 2.76. The van der Waals surface area contributed by atoms with Crippen molar-refractivity contribution in [3.05, 3.63) is 51.9 Å². The van der Waals surface area contributed by atoms with Gasteiger partial charge in [-0.1, -0.05) is 23.2 Å². The topological polar surface area (TPSA) is 62.2 Å². The Balaban J connectivity index is 2.38. The largest absolute Gasteiger partial charge is 0.478 e. The molecule has 0 aliphatic rings. The number of nitrogens with one attached hydrogen (secondary N) is 1. The maximum absolute atomic E-state index is 13.1. The molecule has 0 spiro atoms. The van der Waals surface area contributed by atoms with Gasteiger partial charge in [0.15, 0.2) is 0 Å². The van der Waals surface area contributed by atoms with Crippen LogP contribution in [0.1, 0.15) is 10.4 Å².